The molecule has 0 unspecified atom stereocenters. The average molecular weight is 321 g/mol. The monoisotopic (exact) mass is 320 g/mol. The number of carbonyl (C=O) groups is 1. The van der Waals surface area contributed by atoms with E-state index >= 15 is 0 Å². The van der Waals surface area contributed by atoms with Crippen molar-refractivity contribution in [2.75, 3.05) is 5.32 Å². The highest BCUT2D eigenvalue weighted by Crippen LogP contribution is 2.24. The van der Waals surface area contributed by atoms with Gasteiger partial charge in [0.2, 0.25) is 0 Å². The normalized spacial score (nSPS) is 10.5. The summed E-state index contributed by atoms with van der Waals surface area (Å²) in [6.45, 7) is 4.95. The molecule has 1 N–H and O–H groups in total. The van der Waals surface area contributed by atoms with Crippen LogP contribution in [0.25, 0.3) is 0 Å². The highest BCUT2D eigenvalue weighted by atomic mass is 79.9. The molecule has 0 saturated carbocycles. The number of rotatable bonds is 4. The largest absolute Gasteiger partial charge is 0.344 e. The molecule has 0 aliphatic carbocycles. The first-order chi connectivity index (χ1) is 9.11. The molecule has 100 valence electrons. The van der Waals surface area contributed by atoms with Crippen LogP contribution in [0.4, 0.5) is 5.69 Å². The van der Waals surface area contributed by atoms with Crippen LogP contribution in [0.3, 0.4) is 0 Å². The summed E-state index contributed by atoms with van der Waals surface area (Å²) in [5.41, 5.74) is 2.60. The molecule has 0 radical (unpaired) electrons. The van der Waals surface area contributed by atoms with E-state index in [-0.39, 0.29) is 5.91 Å². The Labute approximate surface area is 121 Å². The number of aromatic nitrogens is 1. The van der Waals surface area contributed by atoms with Gasteiger partial charge in [0, 0.05) is 17.2 Å². The maximum Gasteiger partial charge on any atom is 0.272 e. The molecule has 4 heteroatoms. The van der Waals surface area contributed by atoms with Crippen LogP contribution < -0.4 is 5.32 Å². The van der Waals surface area contributed by atoms with Crippen LogP contribution in [-0.4, -0.2) is 10.5 Å². The molecule has 0 atom stereocenters. The number of benzene rings is 1. The molecule has 0 aliphatic heterocycles. The summed E-state index contributed by atoms with van der Waals surface area (Å²) in [5.74, 6) is -0.0789. The van der Waals surface area contributed by atoms with E-state index in [4.69, 9.17) is 0 Å². The lowest BCUT2D eigenvalue weighted by Gasteiger charge is -2.10. The van der Waals surface area contributed by atoms with Crippen molar-refractivity contribution in [2.24, 2.45) is 0 Å². The van der Waals surface area contributed by atoms with Gasteiger partial charge in [-0.1, -0.05) is 13.0 Å². The SMILES string of the molecule is CCCn1cccc1C(=O)Nc1cc(C)ccc1Br. The minimum atomic E-state index is -0.0789. The second kappa shape index (κ2) is 6.06. The van der Waals surface area contributed by atoms with Crippen molar-refractivity contribution in [1.82, 2.24) is 4.57 Å². The second-order valence-corrected chi connectivity index (χ2v) is 5.38. The number of hydrogen-bond acceptors (Lipinski definition) is 1. The van der Waals surface area contributed by atoms with Crippen molar-refractivity contribution in [3.05, 3.63) is 52.3 Å². The Morgan fingerprint density at radius 3 is 2.89 bits per heavy atom. The first-order valence-electron chi connectivity index (χ1n) is 6.34. The number of nitrogens with one attached hydrogen (secondary N) is 1. The maximum atomic E-state index is 12.3. The van der Waals surface area contributed by atoms with Crippen LogP contribution in [0.1, 0.15) is 29.4 Å². The smallest absolute Gasteiger partial charge is 0.272 e. The molecule has 0 spiro atoms. The Morgan fingerprint density at radius 2 is 2.16 bits per heavy atom. The molecule has 1 heterocycles. The van der Waals surface area contributed by atoms with Gasteiger partial charge in [0.1, 0.15) is 5.69 Å². The second-order valence-electron chi connectivity index (χ2n) is 4.52. The Morgan fingerprint density at radius 1 is 1.37 bits per heavy atom. The molecule has 1 aromatic heterocycles. The fraction of sp³-hybridized carbons (Fsp3) is 0.267. The predicted molar refractivity (Wildman–Crippen MR) is 81.6 cm³/mol. The molecule has 2 aromatic rings. The first-order valence-corrected chi connectivity index (χ1v) is 7.13. The van der Waals surface area contributed by atoms with E-state index in [1.807, 2.05) is 48.0 Å². The quantitative estimate of drug-likeness (QED) is 0.899. The van der Waals surface area contributed by atoms with Crippen molar-refractivity contribution >= 4 is 27.5 Å². The minimum Gasteiger partial charge on any atom is -0.344 e. The summed E-state index contributed by atoms with van der Waals surface area (Å²) in [6.07, 6.45) is 2.94. The number of carbonyl (C=O) groups excluding carboxylic acids is 1. The summed E-state index contributed by atoms with van der Waals surface area (Å²) in [4.78, 5) is 12.3. The minimum absolute atomic E-state index is 0.0789. The van der Waals surface area contributed by atoms with Crippen molar-refractivity contribution in [1.29, 1.82) is 0 Å². The van der Waals surface area contributed by atoms with E-state index in [0.717, 1.165) is 28.7 Å². The van der Waals surface area contributed by atoms with E-state index < -0.39 is 0 Å². The average Bonchev–Trinajstić information content (AvgIpc) is 2.82. The zero-order valence-electron chi connectivity index (χ0n) is 11.1. The highest BCUT2D eigenvalue weighted by Gasteiger charge is 2.12. The Kier molecular flexibility index (Phi) is 4.43. The molecule has 1 aromatic carbocycles. The molecule has 0 bridgehead atoms. The van der Waals surface area contributed by atoms with Gasteiger partial charge in [-0.3, -0.25) is 4.79 Å². The van der Waals surface area contributed by atoms with Gasteiger partial charge < -0.3 is 9.88 Å². The molecule has 1 amide bonds. The van der Waals surface area contributed by atoms with Crippen LogP contribution >= 0.6 is 15.9 Å². The lowest BCUT2D eigenvalue weighted by atomic mass is 10.2. The predicted octanol–water partition coefficient (Wildman–Crippen LogP) is 4.22. The molecule has 0 fully saturated rings. The lowest BCUT2D eigenvalue weighted by Crippen LogP contribution is -2.17. The Balaban J connectivity index is 2.21. The van der Waals surface area contributed by atoms with Gasteiger partial charge in [0.25, 0.3) is 5.91 Å². The van der Waals surface area contributed by atoms with Gasteiger partial charge in [0.15, 0.2) is 0 Å². The standard InChI is InChI=1S/C15H17BrN2O/c1-3-8-18-9-4-5-14(18)15(19)17-13-10-11(2)6-7-12(13)16/h4-7,9-10H,3,8H2,1-2H3,(H,17,19). The van der Waals surface area contributed by atoms with Gasteiger partial charge in [0.05, 0.1) is 5.69 Å². The van der Waals surface area contributed by atoms with Gasteiger partial charge >= 0.3 is 0 Å². The van der Waals surface area contributed by atoms with Gasteiger partial charge in [-0.05, 0) is 59.1 Å². The third kappa shape index (κ3) is 3.26. The number of amides is 1. The van der Waals surface area contributed by atoms with E-state index in [1.165, 1.54) is 0 Å². The van der Waals surface area contributed by atoms with Crippen molar-refractivity contribution < 1.29 is 4.79 Å². The zero-order valence-corrected chi connectivity index (χ0v) is 12.7. The summed E-state index contributed by atoms with van der Waals surface area (Å²) in [5, 5.41) is 2.95. The van der Waals surface area contributed by atoms with Crippen LogP contribution in [0, 0.1) is 6.92 Å². The summed E-state index contributed by atoms with van der Waals surface area (Å²) < 4.78 is 2.86. The van der Waals surface area contributed by atoms with Gasteiger partial charge in [-0.2, -0.15) is 0 Å². The topological polar surface area (TPSA) is 34.0 Å². The molecule has 2 rings (SSSR count). The Hall–Kier alpha value is -1.55. The number of nitrogens with zero attached hydrogens (tertiary/aromatic N) is 1. The van der Waals surface area contributed by atoms with Gasteiger partial charge in [-0.25, -0.2) is 0 Å². The number of aryl methyl sites for hydroxylation is 2. The first kappa shape index (κ1) is 13.9. The summed E-state index contributed by atoms with van der Waals surface area (Å²) >= 11 is 3.45. The molecular weight excluding hydrogens is 304 g/mol. The molecule has 0 aliphatic rings. The van der Waals surface area contributed by atoms with Crippen LogP contribution in [-0.2, 0) is 6.54 Å². The fourth-order valence-electron chi connectivity index (χ4n) is 1.98. The van der Waals surface area contributed by atoms with Crippen LogP contribution in [0.2, 0.25) is 0 Å². The lowest BCUT2D eigenvalue weighted by molar-refractivity contribution is 0.101. The van der Waals surface area contributed by atoms with Crippen molar-refractivity contribution in [3.8, 4) is 0 Å². The number of halogens is 1. The molecule has 3 nitrogen and oxygen atoms in total. The van der Waals surface area contributed by atoms with E-state index in [2.05, 4.69) is 28.2 Å². The van der Waals surface area contributed by atoms with Gasteiger partial charge in [-0.15, -0.1) is 0 Å². The number of anilines is 1. The third-order valence-corrected chi connectivity index (χ3v) is 3.59. The Bertz CT molecular complexity index is 590. The number of hydrogen-bond donors (Lipinski definition) is 1. The molecule has 19 heavy (non-hydrogen) atoms. The maximum absolute atomic E-state index is 12.3. The fourth-order valence-corrected chi connectivity index (χ4v) is 2.32. The van der Waals surface area contributed by atoms with Crippen LogP contribution in [0.15, 0.2) is 41.0 Å². The van der Waals surface area contributed by atoms with E-state index in [9.17, 15) is 4.79 Å². The third-order valence-electron chi connectivity index (χ3n) is 2.90. The summed E-state index contributed by atoms with van der Waals surface area (Å²) in [7, 11) is 0. The van der Waals surface area contributed by atoms with Crippen LogP contribution in [0.5, 0.6) is 0 Å². The molecule has 0 saturated heterocycles. The van der Waals surface area contributed by atoms with Crippen molar-refractivity contribution in [3.63, 3.8) is 0 Å². The molecular formula is C15H17BrN2O. The van der Waals surface area contributed by atoms with E-state index in [1.54, 1.807) is 0 Å². The summed E-state index contributed by atoms with van der Waals surface area (Å²) in [6, 6.07) is 9.63. The zero-order chi connectivity index (χ0) is 13.8. The van der Waals surface area contributed by atoms with Crippen molar-refractivity contribution in [2.45, 2.75) is 26.8 Å². The van der Waals surface area contributed by atoms with E-state index in [0.29, 0.717) is 5.69 Å². The highest BCUT2D eigenvalue weighted by molar-refractivity contribution is 9.10.